The van der Waals surface area contributed by atoms with E-state index >= 15 is 0 Å². The second-order valence-electron chi connectivity index (χ2n) is 6.43. The van der Waals surface area contributed by atoms with Gasteiger partial charge in [0.15, 0.2) is 12.6 Å². The van der Waals surface area contributed by atoms with Crippen molar-refractivity contribution in [3.8, 4) is 5.88 Å². The predicted octanol–water partition coefficient (Wildman–Crippen LogP) is 3.18. The van der Waals surface area contributed by atoms with E-state index in [-0.39, 0.29) is 29.9 Å². The maximum Gasteiger partial charge on any atom is 0.422 e. The lowest BCUT2D eigenvalue weighted by atomic mass is 10.1. The van der Waals surface area contributed by atoms with Crippen LogP contribution in [0.2, 0.25) is 0 Å². The largest absolute Gasteiger partial charge is 0.468 e. The molecule has 2 N–H and O–H groups in total. The molecule has 1 saturated heterocycles. The third-order valence-electron chi connectivity index (χ3n) is 4.11. The maximum atomic E-state index is 12.1. The fourth-order valence-electron chi connectivity index (χ4n) is 2.77. The van der Waals surface area contributed by atoms with Crippen LogP contribution in [0.25, 0.3) is 0 Å². The molecule has 0 radical (unpaired) electrons. The van der Waals surface area contributed by atoms with E-state index in [9.17, 15) is 13.2 Å². The highest BCUT2D eigenvalue weighted by atomic mass is 127. The van der Waals surface area contributed by atoms with Crippen molar-refractivity contribution in [2.75, 3.05) is 39.3 Å². The minimum atomic E-state index is -4.37. The molecule has 0 atom stereocenters. The molecule has 28 heavy (non-hydrogen) atoms. The van der Waals surface area contributed by atoms with Gasteiger partial charge in [-0.15, -0.1) is 24.0 Å². The highest BCUT2D eigenvalue weighted by molar-refractivity contribution is 14.0. The molecule has 6 nitrogen and oxygen atoms in total. The van der Waals surface area contributed by atoms with Crippen molar-refractivity contribution in [1.29, 1.82) is 0 Å². The van der Waals surface area contributed by atoms with Crippen LogP contribution in [0, 0.1) is 0 Å². The van der Waals surface area contributed by atoms with Crippen molar-refractivity contribution < 1.29 is 17.9 Å². The van der Waals surface area contributed by atoms with Gasteiger partial charge in [-0.2, -0.15) is 13.2 Å². The molecule has 1 aliphatic rings. The molecule has 0 spiro atoms. The number of hydrogen-bond donors (Lipinski definition) is 2. The van der Waals surface area contributed by atoms with Crippen LogP contribution in [-0.2, 0) is 6.54 Å². The van der Waals surface area contributed by atoms with Crippen molar-refractivity contribution in [3.05, 3.63) is 23.9 Å². The van der Waals surface area contributed by atoms with Crippen molar-refractivity contribution in [3.63, 3.8) is 0 Å². The molecule has 0 aromatic carbocycles. The van der Waals surface area contributed by atoms with Gasteiger partial charge in [-0.25, -0.2) is 9.98 Å². The minimum absolute atomic E-state index is 0. The first-order chi connectivity index (χ1) is 13.0. The summed E-state index contributed by atoms with van der Waals surface area (Å²) in [6, 6.07) is 3.09. The predicted molar refractivity (Wildman–Crippen MR) is 114 cm³/mol. The SMILES string of the molecule is CCNC(=NCc1ccc(OCC(F)(F)F)nc1)NCCN1CCCCC1.I. The van der Waals surface area contributed by atoms with Gasteiger partial charge in [0.2, 0.25) is 5.88 Å². The number of hydrogen-bond acceptors (Lipinski definition) is 4. The Balaban J connectivity index is 0.00000392. The Labute approximate surface area is 181 Å². The van der Waals surface area contributed by atoms with Gasteiger partial charge >= 0.3 is 6.18 Å². The fraction of sp³-hybridized carbons (Fsp3) is 0.667. The number of halogens is 4. The number of piperidine rings is 1. The Morgan fingerprint density at radius 3 is 2.57 bits per heavy atom. The molecule has 1 aromatic rings. The third-order valence-corrected chi connectivity index (χ3v) is 4.11. The van der Waals surface area contributed by atoms with Crippen LogP contribution in [0.4, 0.5) is 13.2 Å². The lowest BCUT2D eigenvalue weighted by molar-refractivity contribution is -0.154. The van der Waals surface area contributed by atoms with E-state index in [1.807, 2.05) is 6.92 Å². The molecular weight excluding hydrogens is 486 g/mol. The molecule has 2 heterocycles. The highest BCUT2D eigenvalue weighted by Crippen LogP contribution is 2.17. The quantitative estimate of drug-likeness (QED) is 0.317. The number of guanidine groups is 1. The smallest absolute Gasteiger partial charge is 0.422 e. The average Bonchev–Trinajstić information content (AvgIpc) is 2.65. The van der Waals surface area contributed by atoms with E-state index in [1.54, 1.807) is 6.07 Å². The van der Waals surface area contributed by atoms with E-state index < -0.39 is 12.8 Å². The van der Waals surface area contributed by atoms with Gasteiger partial charge in [-0.3, -0.25) is 0 Å². The van der Waals surface area contributed by atoms with Gasteiger partial charge < -0.3 is 20.3 Å². The standard InChI is InChI=1S/C18H28F3N5O.HI/c1-2-22-17(23-8-11-26-9-4-3-5-10-26)25-13-15-6-7-16(24-12-15)27-14-18(19,20)21;/h6-7,12H,2-5,8-11,13-14H2,1H3,(H2,22,23,25);1H. The van der Waals surface area contributed by atoms with Gasteiger partial charge in [0, 0.05) is 31.9 Å². The van der Waals surface area contributed by atoms with Gasteiger partial charge in [0.25, 0.3) is 0 Å². The van der Waals surface area contributed by atoms with Crippen LogP contribution in [0.5, 0.6) is 5.88 Å². The average molecular weight is 515 g/mol. The first-order valence-corrected chi connectivity index (χ1v) is 9.35. The van der Waals surface area contributed by atoms with E-state index in [0.717, 1.165) is 38.3 Å². The third kappa shape index (κ3) is 10.3. The molecule has 0 amide bonds. The molecule has 0 saturated carbocycles. The van der Waals surface area contributed by atoms with Gasteiger partial charge in [0.1, 0.15) is 0 Å². The molecule has 1 fully saturated rings. The van der Waals surface area contributed by atoms with E-state index in [4.69, 9.17) is 0 Å². The number of rotatable bonds is 8. The number of pyridine rings is 1. The first kappa shape index (κ1) is 24.7. The molecule has 10 heteroatoms. The van der Waals surface area contributed by atoms with Crippen molar-refractivity contribution in [2.24, 2.45) is 4.99 Å². The summed E-state index contributed by atoms with van der Waals surface area (Å²) in [6.45, 7) is 5.89. The number of nitrogens with one attached hydrogen (secondary N) is 2. The first-order valence-electron chi connectivity index (χ1n) is 9.35. The fourth-order valence-corrected chi connectivity index (χ4v) is 2.77. The number of aliphatic imine (C=N–C) groups is 1. The van der Waals surface area contributed by atoms with Gasteiger partial charge in [-0.1, -0.05) is 12.5 Å². The van der Waals surface area contributed by atoms with E-state index in [0.29, 0.717) is 12.5 Å². The molecular formula is C18H29F3IN5O. The van der Waals surface area contributed by atoms with Crippen molar-refractivity contribution in [2.45, 2.75) is 38.9 Å². The van der Waals surface area contributed by atoms with Crippen molar-refractivity contribution >= 4 is 29.9 Å². The number of alkyl halides is 3. The van der Waals surface area contributed by atoms with Crippen molar-refractivity contribution in [1.82, 2.24) is 20.5 Å². The summed E-state index contributed by atoms with van der Waals surface area (Å²) in [5.74, 6) is 0.665. The molecule has 2 rings (SSSR count). The second kappa shape index (κ2) is 13.0. The zero-order valence-corrected chi connectivity index (χ0v) is 18.4. The Morgan fingerprint density at radius 1 is 1.21 bits per heavy atom. The van der Waals surface area contributed by atoms with E-state index in [2.05, 4.69) is 30.2 Å². The summed E-state index contributed by atoms with van der Waals surface area (Å²) in [4.78, 5) is 10.8. The molecule has 160 valence electrons. The topological polar surface area (TPSA) is 61.8 Å². The van der Waals surface area contributed by atoms with Crippen LogP contribution < -0.4 is 15.4 Å². The number of likely N-dealkylation sites (tertiary alicyclic amines) is 1. The molecule has 1 aromatic heterocycles. The summed E-state index contributed by atoms with van der Waals surface area (Å²) < 4.78 is 41.0. The Kier molecular flexibility index (Phi) is 11.5. The van der Waals surface area contributed by atoms with Gasteiger partial charge in [-0.05, 0) is 38.4 Å². The minimum Gasteiger partial charge on any atom is -0.468 e. The normalized spacial score (nSPS) is 15.6. The van der Waals surface area contributed by atoms with Crippen LogP contribution in [0.15, 0.2) is 23.3 Å². The van der Waals surface area contributed by atoms with Crippen LogP contribution >= 0.6 is 24.0 Å². The number of aromatic nitrogens is 1. The molecule has 0 unspecified atom stereocenters. The van der Waals surface area contributed by atoms with Crippen LogP contribution in [0.3, 0.4) is 0 Å². The number of nitrogens with zero attached hydrogens (tertiary/aromatic N) is 3. The Bertz CT molecular complexity index is 578. The molecule has 1 aliphatic heterocycles. The van der Waals surface area contributed by atoms with Gasteiger partial charge in [0.05, 0.1) is 6.54 Å². The summed E-state index contributed by atoms with van der Waals surface area (Å²) in [5.41, 5.74) is 0.794. The zero-order chi connectivity index (χ0) is 19.5. The summed E-state index contributed by atoms with van der Waals surface area (Å²) in [7, 11) is 0. The monoisotopic (exact) mass is 515 g/mol. The zero-order valence-electron chi connectivity index (χ0n) is 16.1. The van der Waals surface area contributed by atoms with Crippen LogP contribution in [-0.4, -0.2) is 61.4 Å². The maximum absolute atomic E-state index is 12.1. The molecule has 0 aliphatic carbocycles. The Hall–Kier alpha value is -1.30. The summed E-state index contributed by atoms with van der Waals surface area (Å²) in [6.07, 6.45) is 0.966. The Morgan fingerprint density at radius 2 is 1.96 bits per heavy atom. The van der Waals surface area contributed by atoms with E-state index in [1.165, 1.54) is 31.5 Å². The lowest BCUT2D eigenvalue weighted by Gasteiger charge is -2.26. The summed E-state index contributed by atoms with van der Waals surface area (Å²) in [5, 5.41) is 6.50. The second-order valence-corrected chi connectivity index (χ2v) is 6.43. The summed E-state index contributed by atoms with van der Waals surface area (Å²) >= 11 is 0. The number of ether oxygens (including phenoxy) is 1. The molecule has 0 bridgehead atoms. The van der Waals surface area contributed by atoms with Crippen LogP contribution in [0.1, 0.15) is 31.7 Å². The lowest BCUT2D eigenvalue weighted by Crippen LogP contribution is -2.42. The highest BCUT2D eigenvalue weighted by Gasteiger charge is 2.28.